The van der Waals surface area contributed by atoms with Gasteiger partial charge in [0.1, 0.15) is 5.82 Å². The quantitative estimate of drug-likeness (QED) is 0.723. The SMILES string of the molecule is O=C(Nc1ccc(F)c(Cl)c1)c1cc(Br)ccc1Br. The maximum atomic E-state index is 13.0. The number of hydrogen-bond donors (Lipinski definition) is 1. The predicted molar refractivity (Wildman–Crippen MR) is 81.2 cm³/mol. The first kappa shape index (κ1) is 14.5. The highest BCUT2D eigenvalue weighted by atomic mass is 79.9. The van der Waals surface area contributed by atoms with Crippen LogP contribution in [-0.4, -0.2) is 5.91 Å². The second-order valence-electron chi connectivity index (χ2n) is 3.71. The van der Waals surface area contributed by atoms with Crippen LogP contribution in [0.1, 0.15) is 10.4 Å². The normalized spacial score (nSPS) is 10.3. The molecule has 19 heavy (non-hydrogen) atoms. The van der Waals surface area contributed by atoms with Crippen LogP contribution in [0.2, 0.25) is 5.02 Å². The molecule has 0 spiro atoms. The second kappa shape index (κ2) is 6.03. The fourth-order valence-electron chi connectivity index (χ4n) is 1.44. The molecule has 0 aliphatic rings. The van der Waals surface area contributed by atoms with E-state index in [9.17, 15) is 9.18 Å². The van der Waals surface area contributed by atoms with Gasteiger partial charge in [0, 0.05) is 14.6 Å². The highest BCUT2D eigenvalue weighted by Gasteiger charge is 2.11. The van der Waals surface area contributed by atoms with Crippen molar-refractivity contribution in [3.63, 3.8) is 0 Å². The lowest BCUT2D eigenvalue weighted by Crippen LogP contribution is -2.12. The zero-order valence-corrected chi connectivity index (χ0v) is 13.3. The molecule has 0 saturated carbocycles. The lowest BCUT2D eigenvalue weighted by atomic mass is 10.2. The van der Waals surface area contributed by atoms with Gasteiger partial charge < -0.3 is 5.32 Å². The van der Waals surface area contributed by atoms with Crippen molar-refractivity contribution in [1.82, 2.24) is 0 Å². The fraction of sp³-hybridized carbons (Fsp3) is 0. The lowest BCUT2D eigenvalue weighted by molar-refractivity contribution is 0.102. The summed E-state index contributed by atoms with van der Waals surface area (Å²) in [6.07, 6.45) is 0. The van der Waals surface area contributed by atoms with Crippen LogP contribution in [0.4, 0.5) is 10.1 Å². The van der Waals surface area contributed by atoms with E-state index in [4.69, 9.17) is 11.6 Å². The van der Waals surface area contributed by atoms with Crippen LogP contribution < -0.4 is 5.32 Å². The monoisotopic (exact) mass is 405 g/mol. The Morgan fingerprint density at radius 1 is 1.16 bits per heavy atom. The van der Waals surface area contributed by atoms with Crippen LogP contribution in [0.5, 0.6) is 0 Å². The summed E-state index contributed by atoms with van der Waals surface area (Å²) >= 11 is 12.3. The third kappa shape index (κ3) is 3.55. The molecule has 2 rings (SSSR count). The molecule has 1 amide bonds. The third-order valence-electron chi connectivity index (χ3n) is 2.35. The molecule has 0 aromatic heterocycles. The molecule has 0 saturated heterocycles. The summed E-state index contributed by atoms with van der Waals surface area (Å²) in [4.78, 5) is 12.1. The Morgan fingerprint density at radius 3 is 2.58 bits per heavy atom. The Balaban J connectivity index is 2.25. The molecule has 98 valence electrons. The van der Waals surface area contributed by atoms with Crippen molar-refractivity contribution in [2.75, 3.05) is 5.32 Å². The van der Waals surface area contributed by atoms with E-state index in [1.807, 2.05) is 6.07 Å². The number of halogens is 4. The maximum Gasteiger partial charge on any atom is 0.256 e. The zero-order valence-electron chi connectivity index (χ0n) is 9.38. The van der Waals surface area contributed by atoms with E-state index in [-0.39, 0.29) is 10.9 Å². The van der Waals surface area contributed by atoms with Gasteiger partial charge in [-0.05, 0) is 52.3 Å². The summed E-state index contributed by atoms with van der Waals surface area (Å²) in [5.41, 5.74) is 0.901. The molecule has 0 atom stereocenters. The van der Waals surface area contributed by atoms with E-state index in [1.54, 1.807) is 12.1 Å². The van der Waals surface area contributed by atoms with Crippen molar-refractivity contribution in [3.05, 3.63) is 61.7 Å². The number of anilines is 1. The number of benzene rings is 2. The van der Waals surface area contributed by atoms with Gasteiger partial charge in [0.05, 0.1) is 10.6 Å². The van der Waals surface area contributed by atoms with Gasteiger partial charge in [-0.15, -0.1) is 0 Å². The van der Waals surface area contributed by atoms with Gasteiger partial charge in [0.25, 0.3) is 5.91 Å². The van der Waals surface area contributed by atoms with Crippen molar-refractivity contribution in [3.8, 4) is 0 Å². The minimum Gasteiger partial charge on any atom is -0.322 e. The average Bonchev–Trinajstić information content (AvgIpc) is 2.36. The number of carbonyl (C=O) groups excluding carboxylic acids is 1. The average molecular weight is 407 g/mol. The molecule has 0 fully saturated rings. The standard InChI is InChI=1S/C13H7Br2ClFNO/c14-7-1-3-10(15)9(5-7)13(19)18-8-2-4-12(17)11(16)6-8/h1-6H,(H,18,19). The summed E-state index contributed by atoms with van der Waals surface area (Å²) in [5, 5.41) is 2.62. The summed E-state index contributed by atoms with van der Waals surface area (Å²) in [6.45, 7) is 0. The topological polar surface area (TPSA) is 29.1 Å². The molecule has 0 radical (unpaired) electrons. The summed E-state index contributed by atoms with van der Waals surface area (Å²) in [6, 6.07) is 9.27. The van der Waals surface area contributed by atoms with Crippen LogP contribution >= 0.6 is 43.5 Å². The first-order valence-corrected chi connectivity index (χ1v) is 7.15. The number of rotatable bonds is 2. The van der Waals surface area contributed by atoms with E-state index in [1.165, 1.54) is 18.2 Å². The van der Waals surface area contributed by atoms with Gasteiger partial charge >= 0.3 is 0 Å². The maximum absolute atomic E-state index is 13.0. The molecule has 2 aromatic rings. The minimum atomic E-state index is -0.525. The van der Waals surface area contributed by atoms with Crippen molar-refractivity contribution < 1.29 is 9.18 Å². The molecule has 0 aliphatic heterocycles. The predicted octanol–water partition coefficient (Wildman–Crippen LogP) is 5.26. The van der Waals surface area contributed by atoms with Gasteiger partial charge in [0.15, 0.2) is 0 Å². The fourth-order valence-corrected chi connectivity index (χ4v) is 2.41. The van der Waals surface area contributed by atoms with Crippen molar-refractivity contribution in [1.29, 1.82) is 0 Å². The van der Waals surface area contributed by atoms with Gasteiger partial charge in [-0.2, -0.15) is 0 Å². The van der Waals surface area contributed by atoms with E-state index in [2.05, 4.69) is 37.2 Å². The molecular formula is C13H7Br2ClFNO. The Bertz CT molecular complexity index is 649. The van der Waals surface area contributed by atoms with E-state index >= 15 is 0 Å². The molecule has 0 heterocycles. The van der Waals surface area contributed by atoms with Crippen molar-refractivity contribution >= 4 is 55.1 Å². The van der Waals surface area contributed by atoms with E-state index in [0.29, 0.717) is 15.7 Å². The second-order valence-corrected chi connectivity index (χ2v) is 5.88. The van der Waals surface area contributed by atoms with Gasteiger partial charge in [-0.25, -0.2) is 4.39 Å². The number of amides is 1. The van der Waals surface area contributed by atoms with Gasteiger partial charge in [-0.3, -0.25) is 4.79 Å². The molecule has 0 unspecified atom stereocenters. The van der Waals surface area contributed by atoms with E-state index in [0.717, 1.165) is 4.47 Å². The molecule has 0 aliphatic carbocycles. The molecule has 0 bridgehead atoms. The van der Waals surface area contributed by atoms with Crippen LogP contribution in [-0.2, 0) is 0 Å². The van der Waals surface area contributed by atoms with Gasteiger partial charge in [0.2, 0.25) is 0 Å². The first-order valence-electron chi connectivity index (χ1n) is 5.19. The smallest absolute Gasteiger partial charge is 0.256 e. The van der Waals surface area contributed by atoms with Crippen LogP contribution in [0.3, 0.4) is 0 Å². The Morgan fingerprint density at radius 2 is 1.89 bits per heavy atom. The number of hydrogen-bond acceptors (Lipinski definition) is 1. The third-order valence-corrected chi connectivity index (χ3v) is 3.82. The van der Waals surface area contributed by atoms with Crippen LogP contribution in [0.15, 0.2) is 45.3 Å². The van der Waals surface area contributed by atoms with Crippen molar-refractivity contribution in [2.45, 2.75) is 0 Å². The molecule has 2 aromatic carbocycles. The number of carbonyl (C=O) groups is 1. The van der Waals surface area contributed by atoms with E-state index < -0.39 is 5.82 Å². The minimum absolute atomic E-state index is 0.0360. The highest BCUT2D eigenvalue weighted by Crippen LogP contribution is 2.24. The number of nitrogens with one attached hydrogen (secondary N) is 1. The Hall–Kier alpha value is -0.910. The summed E-state index contributed by atoms with van der Waals surface area (Å²) < 4.78 is 14.5. The zero-order chi connectivity index (χ0) is 14.0. The Kier molecular flexibility index (Phi) is 4.60. The molecule has 6 heteroatoms. The van der Waals surface area contributed by atoms with Crippen LogP contribution in [0, 0.1) is 5.82 Å². The summed E-state index contributed by atoms with van der Waals surface area (Å²) in [5.74, 6) is -0.834. The van der Waals surface area contributed by atoms with Crippen molar-refractivity contribution in [2.24, 2.45) is 0 Å². The molecular weight excluding hydrogens is 400 g/mol. The van der Waals surface area contributed by atoms with Gasteiger partial charge in [-0.1, -0.05) is 27.5 Å². The first-order chi connectivity index (χ1) is 8.97. The summed E-state index contributed by atoms with van der Waals surface area (Å²) in [7, 11) is 0. The van der Waals surface area contributed by atoms with Crippen LogP contribution in [0.25, 0.3) is 0 Å². The highest BCUT2D eigenvalue weighted by molar-refractivity contribution is 9.11. The largest absolute Gasteiger partial charge is 0.322 e. The Labute approximate surface area is 131 Å². The lowest BCUT2D eigenvalue weighted by Gasteiger charge is -2.08. The molecule has 2 nitrogen and oxygen atoms in total. The molecule has 1 N–H and O–H groups in total.